The van der Waals surface area contributed by atoms with Crippen LogP contribution >= 0.6 is 24.2 Å². The number of rotatable bonds is 4. The van der Waals surface area contributed by atoms with Crippen molar-refractivity contribution in [2.45, 2.75) is 48.8 Å². The van der Waals surface area contributed by atoms with Crippen LogP contribution in [0.15, 0.2) is 29.2 Å². The van der Waals surface area contributed by atoms with Crippen LogP contribution < -0.4 is 11.1 Å². The van der Waals surface area contributed by atoms with Crippen molar-refractivity contribution in [2.24, 2.45) is 5.73 Å². The first-order chi connectivity index (χ1) is 10.3. The molecule has 130 valence electrons. The van der Waals surface area contributed by atoms with Gasteiger partial charge in [0.15, 0.2) is 0 Å². The molecule has 0 bridgehead atoms. The summed E-state index contributed by atoms with van der Waals surface area (Å²) in [6.07, 6.45) is -0.848. The van der Waals surface area contributed by atoms with Gasteiger partial charge in [0.05, 0.1) is 11.3 Å². The minimum atomic E-state index is -4.36. The van der Waals surface area contributed by atoms with Crippen LogP contribution in [0, 0.1) is 0 Å². The summed E-state index contributed by atoms with van der Waals surface area (Å²) in [5.74, 6) is -0.0352. The highest BCUT2D eigenvalue weighted by Gasteiger charge is 2.30. The Balaban J connectivity index is 0.00000264. The molecule has 3 nitrogen and oxygen atoms in total. The van der Waals surface area contributed by atoms with Crippen molar-refractivity contribution < 1.29 is 18.0 Å². The van der Waals surface area contributed by atoms with Gasteiger partial charge in [0.1, 0.15) is 0 Å². The van der Waals surface area contributed by atoms with Crippen LogP contribution in [0.25, 0.3) is 0 Å². The average Bonchev–Trinajstić information content (AvgIpc) is 2.47. The Kier molecular flexibility index (Phi) is 7.70. The lowest BCUT2D eigenvalue weighted by atomic mass is 9.92. The number of amides is 1. The van der Waals surface area contributed by atoms with E-state index in [1.807, 2.05) is 0 Å². The van der Waals surface area contributed by atoms with Crippen LogP contribution in [0.4, 0.5) is 13.2 Å². The number of halogens is 4. The van der Waals surface area contributed by atoms with Crippen LogP contribution in [0.3, 0.4) is 0 Å². The van der Waals surface area contributed by atoms with E-state index in [1.165, 1.54) is 6.07 Å². The Morgan fingerprint density at radius 3 is 2.52 bits per heavy atom. The molecule has 23 heavy (non-hydrogen) atoms. The summed E-state index contributed by atoms with van der Waals surface area (Å²) in [5, 5.41) is 2.92. The molecule has 1 aliphatic rings. The number of nitrogens with one attached hydrogen (secondary N) is 1. The van der Waals surface area contributed by atoms with Crippen LogP contribution in [-0.2, 0) is 11.0 Å². The topological polar surface area (TPSA) is 55.1 Å². The summed E-state index contributed by atoms with van der Waals surface area (Å²) >= 11 is 1.11. The zero-order chi connectivity index (χ0) is 16.2. The number of nitrogens with two attached hydrogens (primary N) is 1. The number of hydrogen-bond donors (Lipinski definition) is 2. The minimum absolute atomic E-state index is 0. The number of carbonyl (C=O) groups excluding carboxylic acids is 1. The number of thioether (sulfide) groups is 1. The van der Waals surface area contributed by atoms with Gasteiger partial charge in [0.2, 0.25) is 5.91 Å². The average molecular weight is 369 g/mol. The highest BCUT2D eigenvalue weighted by atomic mass is 35.5. The van der Waals surface area contributed by atoms with Crippen LogP contribution in [-0.4, -0.2) is 23.7 Å². The van der Waals surface area contributed by atoms with E-state index in [2.05, 4.69) is 5.32 Å². The van der Waals surface area contributed by atoms with Crippen molar-refractivity contribution in [3.05, 3.63) is 29.8 Å². The lowest BCUT2D eigenvalue weighted by Gasteiger charge is -2.26. The Labute approximate surface area is 144 Å². The van der Waals surface area contributed by atoms with E-state index in [0.29, 0.717) is 4.90 Å². The molecule has 1 aromatic rings. The molecule has 0 aromatic heterocycles. The monoisotopic (exact) mass is 368 g/mol. The van der Waals surface area contributed by atoms with Crippen LogP contribution in [0.2, 0.25) is 0 Å². The minimum Gasteiger partial charge on any atom is -0.353 e. The molecule has 1 amide bonds. The van der Waals surface area contributed by atoms with Gasteiger partial charge in [-0.15, -0.1) is 24.2 Å². The second-order valence-corrected chi connectivity index (χ2v) is 6.54. The number of benzene rings is 1. The SMILES string of the molecule is Cl.NC1CCC(NC(=O)CSc2cccc(C(F)(F)F)c2)CC1. The number of alkyl halides is 3. The van der Waals surface area contributed by atoms with Gasteiger partial charge in [-0.05, 0) is 43.9 Å². The fourth-order valence-electron chi connectivity index (χ4n) is 2.44. The number of hydrogen-bond acceptors (Lipinski definition) is 3. The molecule has 0 heterocycles. The van der Waals surface area contributed by atoms with Gasteiger partial charge in [-0.3, -0.25) is 4.79 Å². The first kappa shape index (κ1) is 20.1. The molecule has 3 N–H and O–H groups in total. The maximum Gasteiger partial charge on any atom is 0.416 e. The molecular formula is C15H20ClF3N2OS. The molecular weight excluding hydrogens is 349 g/mol. The lowest BCUT2D eigenvalue weighted by Crippen LogP contribution is -2.41. The molecule has 1 saturated carbocycles. The van der Waals surface area contributed by atoms with Crippen molar-refractivity contribution in [1.29, 1.82) is 0 Å². The molecule has 2 rings (SSSR count). The third-order valence-corrected chi connectivity index (χ3v) is 4.66. The van der Waals surface area contributed by atoms with Crippen molar-refractivity contribution in [2.75, 3.05) is 5.75 Å². The molecule has 1 aromatic carbocycles. The summed E-state index contributed by atoms with van der Waals surface area (Å²) in [6, 6.07) is 5.37. The second kappa shape index (κ2) is 8.80. The summed E-state index contributed by atoms with van der Waals surface area (Å²) < 4.78 is 37.8. The van der Waals surface area contributed by atoms with Gasteiger partial charge in [0, 0.05) is 17.0 Å². The highest BCUT2D eigenvalue weighted by molar-refractivity contribution is 8.00. The maximum absolute atomic E-state index is 12.6. The van der Waals surface area contributed by atoms with Crippen LogP contribution in [0.5, 0.6) is 0 Å². The summed E-state index contributed by atoms with van der Waals surface area (Å²) in [4.78, 5) is 12.3. The first-order valence-electron chi connectivity index (χ1n) is 7.19. The molecule has 1 fully saturated rings. The summed E-state index contributed by atoms with van der Waals surface area (Å²) in [7, 11) is 0. The van der Waals surface area contributed by atoms with Gasteiger partial charge >= 0.3 is 6.18 Å². The van der Waals surface area contributed by atoms with Gasteiger partial charge in [-0.2, -0.15) is 13.2 Å². The quantitative estimate of drug-likeness (QED) is 0.798. The predicted molar refractivity (Wildman–Crippen MR) is 87.8 cm³/mol. The molecule has 8 heteroatoms. The molecule has 0 radical (unpaired) electrons. The fourth-order valence-corrected chi connectivity index (χ4v) is 3.21. The van der Waals surface area contributed by atoms with E-state index in [-0.39, 0.29) is 36.2 Å². The largest absolute Gasteiger partial charge is 0.416 e. The Hall–Kier alpha value is -0.920. The van der Waals surface area contributed by atoms with Crippen LogP contribution in [0.1, 0.15) is 31.2 Å². The Bertz CT molecular complexity index is 520. The van der Waals surface area contributed by atoms with Gasteiger partial charge in [0.25, 0.3) is 0 Å². The standard InChI is InChI=1S/C15H19F3N2OS.ClH/c16-15(17,18)10-2-1-3-13(8-10)22-9-14(21)20-12-6-4-11(19)5-7-12;/h1-3,8,11-12H,4-7,9,19H2,(H,20,21);1H. The van der Waals surface area contributed by atoms with E-state index in [4.69, 9.17) is 5.73 Å². The molecule has 0 saturated heterocycles. The molecule has 1 aliphatic carbocycles. The summed E-state index contributed by atoms with van der Waals surface area (Å²) in [5.41, 5.74) is 5.11. The van der Waals surface area contributed by atoms with Gasteiger partial charge in [-0.25, -0.2) is 0 Å². The Morgan fingerprint density at radius 2 is 1.91 bits per heavy atom. The predicted octanol–water partition coefficient (Wildman–Crippen LogP) is 3.61. The normalized spacial score (nSPS) is 21.4. The first-order valence-corrected chi connectivity index (χ1v) is 8.18. The van der Waals surface area contributed by atoms with E-state index >= 15 is 0 Å². The van der Waals surface area contributed by atoms with Gasteiger partial charge in [-0.1, -0.05) is 6.07 Å². The smallest absolute Gasteiger partial charge is 0.353 e. The molecule has 0 unspecified atom stereocenters. The fraction of sp³-hybridized carbons (Fsp3) is 0.533. The van der Waals surface area contributed by atoms with E-state index in [9.17, 15) is 18.0 Å². The third kappa shape index (κ3) is 6.61. The molecule has 0 spiro atoms. The number of carbonyl (C=O) groups is 1. The van der Waals surface area contributed by atoms with Crippen molar-refractivity contribution in [3.8, 4) is 0 Å². The van der Waals surface area contributed by atoms with E-state index in [1.54, 1.807) is 6.07 Å². The third-order valence-electron chi connectivity index (χ3n) is 3.67. The van der Waals surface area contributed by atoms with Gasteiger partial charge < -0.3 is 11.1 Å². The van der Waals surface area contributed by atoms with Crippen molar-refractivity contribution in [3.63, 3.8) is 0 Å². The maximum atomic E-state index is 12.6. The van der Waals surface area contributed by atoms with Crippen molar-refractivity contribution >= 4 is 30.1 Å². The zero-order valence-corrected chi connectivity index (χ0v) is 14.1. The molecule has 0 aliphatic heterocycles. The highest BCUT2D eigenvalue weighted by Crippen LogP contribution is 2.31. The lowest BCUT2D eigenvalue weighted by molar-refractivity contribution is -0.137. The van der Waals surface area contributed by atoms with E-state index in [0.717, 1.165) is 49.6 Å². The van der Waals surface area contributed by atoms with Crippen molar-refractivity contribution in [1.82, 2.24) is 5.32 Å². The van der Waals surface area contributed by atoms with E-state index < -0.39 is 11.7 Å². The second-order valence-electron chi connectivity index (χ2n) is 5.49. The zero-order valence-electron chi connectivity index (χ0n) is 12.4. The molecule has 0 atom stereocenters. The Morgan fingerprint density at radius 1 is 1.26 bits per heavy atom. The summed E-state index contributed by atoms with van der Waals surface area (Å²) in [6.45, 7) is 0.